The molecule has 0 saturated heterocycles. The number of hydrogen-bond donors (Lipinski definition) is 1. The lowest BCUT2D eigenvalue weighted by molar-refractivity contribution is 0.539. The molecule has 19 heavy (non-hydrogen) atoms. The van der Waals surface area contributed by atoms with Gasteiger partial charge in [-0.05, 0) is 31.0 Å². The van der Waals surface area contributed by atoms with Crippen LogP contribution >= 0.6 is 0 Å². The third kappa shape index (κ3) is 4.17. The van der Waals surface area contributed by atoms with E-state index in [0.29, 0.717) is 6.04 Å². The van der Waals surface area contributed by atoms with Gasteiger partial charge >= 0.3 is 0 Å². The van der Waals surface area contributed by atoms with E-state index < -0.39 is 0 Å². The van der Waals surface area contributed by atoms with Gasteiger partial charge in [-0.3, -0.25) is 0 Å². The molecule has 4 heteroatoms. The van der Waals surface area contributed by atoms with Crippen LogP contribution in [0.1, 0.15) is 18.3 Å². The van der Waals surface area contributed by atoms with Gasteiger partial charge in [0.05, 0.1) is 0 Å². The quantitative estimate of drug-likeness (QED) is 0.865. The third-order valence-corrected chi connectivity index (χ3v) is 3.22. The first kappa shape index (κ1) is 13.7. The second-order valence-electron chi connectivity index (χ2n) is 4.89. The number of halogens is 1. The first-order chi connectivity index (χ1) is 9.15. The fourth-order valence-corrected chi connectivity index (χ4v) is 2.11. The predicted molar refractivity (Wildman–Crippen MR) is 74.5 cm³/mol. The number of rotatable bonds is 6. The fraction of sp³-hybridized carbons (Fsp3) is 0.400. The van der Waals surface area contributed by atoms with Crippen LogP contribution in [-0.4, -0.2) is 22.1 Å². The average Bonchev–Trinajstić information content (AvgIpc) is 2.78. The lowest BCUT2D eigenvalue weighted by atomic mass is 10.1. The van der Waals surface area contributed by atoms with Crippen LogP contribution in [0.25, 0.3) is 0 Å². The minimum Gasteiger partial charge on any atom is -0.338 e. The zero-order valence-electron chi connectivity index (χ0n) is 11.4. The molecule has 1 unspecified atom stereocenters. The Bertz CT molecular complexity index is 504. The molecule has 1 atom stereocenters. The number of nitrogens with zero attached hydrogens (tertiary/aromatic N) is 2. The van der Waals surface area contributed by atoms with Crippen LogP contribution in [0.15, 0.2) is 36.7 Å². The van der Waals surface area contributed by atoms with E-state index >= 15 is 0 Å². The number of nitrogens with one attached hydrogen (secondary N) is 1. The highest BCUT2D eigenvalue weighted by Crippen LogP contribution is 2.05. The molecule has 0 saturated carbocycles. The maximum Gasteiger partial charge on any atom is 0.123 e. The minimum atomic E-state index is -0.181. The Kier molecular flexibility index (Phi) is 4.68. The summed E-state index contributed by atoms with van der Waals surface area (Å²) in [5.74, 6) is 0.903. The van der Waals surface area contributed by atoms with Crippen molar-refractivity contribution in [2.24, 2.45) is 7.05 Å². The lowest BCUT2D eigenvalue weighted by Crippen LogP contribution is -2.30. The van der Waals surface area contributed by atoms with Crippen molar-refractivity contribution in [1.29, 1.82) is 0 Å². The topological polar surface area (TPSA) is 29.9 Å². The van der Waals surface area contributed by atoms with Crippen molar-refractivity contribution in [1.82, 2.24) is 14.9 Å². The van der Waals surface area contributed by atoms with E-state index in [1.807, 2.05) is 36.1 Å². The van der Waals surface area contributed by atoms with Gasteiger partial charge < -0.3 is 9.88 Å². The molecule has 1 aromatic heterocycles. The van der Waals surface area contributed by atoms with Crippen LogP contribution in [0.3, 0.4) is 0 Å². The molecule has 102 valence electrons. The first-order valence-electron chi connectivity index (χ1n) is 6.59. The van der Waals surface area contributed by atoms with Crippen molar-refractivity contribution in [2.75, 3.05) is 6.54 Å². The van der Waals surface area contributed by atoms with Gasteiger partial charge in [-0.15, -0.1) is 0 Å². The Morgan fingerprint density at radius 3 is 2.68 bits per heavy atom. The van der Waals surface area contributed by atoms with Crippen molar-refractivity contribution < 1.29 is 4.39 Å². The van der Waals surface area contributed by atoms with Gasteiger partial charge in [0.15, 0.2) is 0 Å². The summed E-state index contributed by atoms with van der Waals surface area (Å²) in [5.41, 5.74) is 1.15. The number of hydrogen-bond acceptors (Lipinski definition) is 2. The second-order valence-corrected chi connectivity index (χ2v) is 4.89. The SMILES string of the molecule is CC(Cc1ccc(F)cc1)NCCc1nccn1C. The molecule has 0 fully saturated rings. The Morgan fingerprint density at radius 1 is 1.32 bits per heavy atom. The van der Waals surface area contributed by atoms with Crippen molar-refractivity contribution in [3.8, 4) is 0 Å². The predicted octanol–water partition coefficient (Wildman–Crippen LogP) is 2.32. The maximum atomic E-state index is 12.8. The van der Waals surface area contributed by atoms with Crippen molar-refractivity contribution in [2.45, 2.75) is 25.8 Å². The van der Waals surface area contributed by atoms with E-state index in [0.717, 1.165) is 30.8 Å². The monoisotopic (exact) mass is 261 g/mol. The number of aromatic nitrogens is 2. The molecule has 0 aliphatic heterocycles. The summed E-state index contributed by atoms with van der Waals surface area (Å²) in [7, 11) is 2.00. The van der Waals surface area contributed by atoms with Crippen LogP contribution in [-0.2, 0) is 19.9 Å². The van der Waals surface area contributed by atoms with Gasteiger partial charge in [0.2, 0.25) is 0 Å². The molecule has 0 radical (unpaired) electrons. The summed E-state index contributed by atoms with van der Waals surface area (Å²) in [6.07, 6.45) is 5.59. The zero-order chi connectivity index (χ0) is 13.7. The standard InChI is InChI=1S/C15H20FN3/c1-12(11-13-3-5-14(16)6-4-13)17-8-7-15-18-9-10-19(15)2/h3-6,9-10,12,17H,7-8,11H2,1-2H3. The summed E-state index contributed by atoms with van der Waals surface area (Å²) in [5, 5.41) is 3.46. The van der Waals surface area contributed by atoms with Gasteiger partial charge in [0.1, 0.15) is 11.6 Å². The maximum absolute atomic E-state index is 12.8. The van der Waals surface area contributed by atoms with E-state index in [2.05, 4.69) is 17.2 Å². The minimum absolute atomic E-state index is 0.181. The lowest BCUT2D eigenvalue weighted by Gasteiger charge is -2.13. The Hall–Kier alpha value is -1.68. The fourth-order valence-electron chi connectivity index (χ4n) is 2.11. The molecule has 2 aromatic rings. The first-order valence-corrected chi connectivity index (χ1v) is 6.59. The highest BCUT2D eigenvalue weighted by molar-refractivity contribution is 5.17. The molecule has 0 bridgehead atoms. The Balaban J connectivity index is 1.74. The van der Waals surface area contributed by atoms with Gasteiger partial charge in [-0.25, -0.2) is 9.37 Å². The molecule has 1 aromatic carbocycles. The highest BCUT2D eigenvalue weighted by atomic mass is 19.1. The van der Waals surface area contributed by atoms with Gasteiger partial charge in [-0.2, -0.15) is 0 Å². The molecular weight excluding hydrogens is 241 g/mol. The Labute approximate surface area is 113 Å². The highest BCUT2D eigenvalue weighted by Gasteiger charge is 2.04. The van der Waals surface area contributed by atoms with E-state index in [4.69, 9.17) is 0 Å². The average molecular weight is 261 g/mol. The van der Waals surface area contributed by atoms with Crippen LogP contribution in [0.4, 0.5) is 4.39 Å². The van der Waals surface area contributed by atoms with Crippen LogP contribution < -0.4 is 5.32 Å². The summed E-state index contributed by atoms with van der Waals surface area (Å²) < 4.78 is 14.8. The molecule has 0 spiro atoms. The van der Waals surface area contributed by atoms with Crippen LogP contribution in [0.2, 0.25) is 0 Å². The van der Waals surface area contributed by atoms with Crippen molar-refractivity contribution in [3.63, 3.8) is 0 Å². The summed E-state index contributed by atoms with van der Waals surface area (Å²) in [4.78, 5) is 4.29. The van der Waals surface area contributed by atoms with Gasteiger partial charge in [-0.1, -0.05) is 12.1 Å². The van der Waals surface area contributed by atoms with Gasteiger partial charge in [0, 0.05) is 38.4 Å². The Morgan fingerprint density at radius 2 is 2.05 bits per heavy atom. The number of benzene rings is 1. The van der Waals surface area contributed by atoms with E-state index in [1.54, 1.807) is 0 Å². The largest absolute Gasteiger partial charge is 0.338 e. The van der Waals surface area contributed by atoms with E-state index in [1.165, 1.54) is 12.1 Å². The van der Waals surface area contributed by atoms with E-state index in [-0.39, 0.29) is 5.82 Å². The van der Waals surface area contributed by atoms with E-state index in [9.17, 15) is 4.39 Å². The summed E-state index contributed by atoms with van der Waals surface area (Å²) in [6, 6.07) is 7.07. The summed E-state index contributed by atoms with van der Waals surface area (Å²) >= 11 is 0. The number of imidazole rings is 1. The molecule has 0 aliphatic rings. The van der Waals surface area contributed by atoms with Crippen molar-refractivity contribution >= 4 is 0 Å². The van der Waals surface area contributed by atoms with Gasteiger partial charge in [0.25, 0.3) is 0 Å². The smallest absolute Gasteiger partial charge is 0.123 e. The molecule has 0 aliphatic carbocycles. The van der Waals surface area contributed by atoms with Crippen LogP contribution in [0.5, 0.6) is 0 Å². The molecule has 3 nitrogen and oxygen atoms in total. The zero-order valence-corrected chi connectivity index (χ0v) is 11.4. The summed E-state index contributed by atoms with van der Waals surface area (Å²) in [6.45, 7) is 3.04. The molecule has 1 N–H and O–H groups in total. The van der Waals surface area contributed by atoms with Crippen molar-refractivity contribution in [3.05, 3.63) is 53.9 Å². The molecule has 0 amide bonds. The van der Waals surface area contributed by atoms with Crippen LogP contribution in [0, 0.1) is 5.82 Å². The second kappa shape index (κ2) is 6.48. The number of aryl methyl sites for hydroxylation is 1. The molecule has 2 rings (SSSR count). The third-order valence-electron chi connectivity index (χ3n) is 3.22. The molecular formula is C15H20FN3. The molecule has 1 heterocycles. The normalized spacial score (nSPS) is 12.6.